The van der Waals surface area contributed by atoms with Crippen molar-refractivity contribution in [1.29, 1.82) is 0 Å². The molecular weight excluding hydrogens is 510 g/mol. The van der Waals surface area contributed by atoms with Crippen molar-refractivity contribution < 1.29 is 4.79 Å². The first kappa shape index (κ1) is 26.3. The number of amides is 1. The van der Waals surface area contributed by atoms with Crippen molar-refractivity contribution in [2.75, 3.05) is 13.1 Å². The van der Waals surface area contributed by atoms with E-state index in [0.29, 0.717) is 5.92 Å². The van der Waals surface area contributed by atoms with Crippen molar-refractivity contribution >= 4 is 17.2 Å². The van der Waals surface area contributed by atoms with E-state index in [0.717, 1.165) is 78.5 Å². The molecule has 202 valence electrons. The summed E-state index contributed by atoms with van der Waals surface area (Å²) in [6.45, 7) is 4.52. The van der Waals surface area contributed by atoms with Gasteiger partial charge in [-0.2, -0.15) is 0 Å². The van der Waals surface area contributed by atoms with Gasteiger partial charge in [-0.3, -0.25) is 4.79 Å². The lowest BCUT2D eigenvalue weighted by Crippen LogP contribution is -2.39. The van der Waals surface area contributed by atoms with Crippen LogP contribution in [0.15, 0.2) is 102 Å². The second-order valence-corrected chi connectivity index (χ2v) is 11.6. The third-order valence-corrected chi connectivity index (χ3v) is 9.01. The minimum absolute atomic E-state index is 0.147. The molecule has 4 nitrogen and oxygen atoms in total. The Balaban J connectivity index is 1.24. The van der Waals surface area contributed by atoms with Crippen molar-refractivity contribution in [2.24, 2.45) is 5.92 Å². The maximum atomic E-state index is 13.9. The predicted octanol–water partition coefficient (Wildman–Crippen LogP) is 7.92. The van der Waals surface area contributed by atoms with Crippen LogP contribution in [0.1, 0.15) is 40.0 Å². The van der Waals surface area contributed by atoms with E-state index in [1.807, 2.05) is 18.2 Å². The molecule has 1 aliphatic heterocycles. The molecule has 3 heterocycles. The summed E-state index contributed by atoms with van der Waals surface area (Å²) in [6, 6.07) is 33.7. The summed E-state index contributed by atoms with van der Waals surface area (Å²) in [7, 11) is 0. The highest BCUT2D eigenvalue weighted by molar-refractivity contribution is 7.13. The van der Waals surface area contributed by atoms with E-state index in [1.165, 1.54) is 11.1 Å². The molecule has 0 saturated carbocycles. The van der Waals surface area contributed by atoms with Gasteiger partial charge < -0.3 is 9.47 Å². The second-order valence-electron chi connectivity index (χ2n) is 10.7. The lowest BCUT2D eigenvalue weighted by atomic mass is 9.90. The van der Waals surface area contributed by atoms with Crippen LogP contribution in [0.3, 0.4) is 0 Å². The van der Waals surface area contributed by atoms with E-state index in [1.54, 1.807) is 11.3 Å². The molecule has 5 aromatic rings. The molecule has 0 N–H and O–H groups in total. The Morgan fingerprint density at radius 2 is 1.50 bits per heavy atom. The van der Waals surface area contributed by atoms with E-state index in [4.69, 9.17) is 4.98 Å². The number of benzene rings is 3. The molecule has 0 spiro atoms. The molecular formula is C35H35N3OS. The molecule has 40 heavy (non-hydrogen) atoms. The highest BCUT2D eigenvalue weighted by atomic mass is 32.1. The number of thiazole rings is 1. The number of carbonyl (C=O) groups is 1. The molecule has 0 aliphatic carbocycles. The maximum absolute atomic E-state index is 13.9. The second kappa shape index (κ2) is 12.1. The van der Waals surface area contributed by atoms with Gasteiger partial charge >= 0.3 is 0 Å². The molecule has 3 aromatic carbocycles. The molecule has 5 heteroatoms. The van der Waals surface area contributed by atoms with E-state index >= 15 is 0 Å². The molecule has 0 atom stereocenters. The van der Waals surface area contributed by atoms with Gasteiger partial charge in [0.15, 0.2) is 0 Å². The van der Waals surface area contributed by atoms with Crippen LogP contribution < -0.4 is 0 Å². The van der Waals surface area contributed by atoms with Crippen LogP contribution in [-0.4, -0.2) is 33.4 Å². The lowest BCUT2D eigenvalue weighted by Gasteiger charge is -2.32. The lowest BCUT2D eigenvalue weighted by molar-refractivity contribution is 0.0689. The summed E-state index contributed by atoms with van der Waals surface area (Å²) in [5.41, 5.74) is 7.58. The van der Waals surface area contributed by atoms with Gasteiger partial charge in [0.05, 0.1) is 17.0 Å². The Kier molecular flexibility index (Phi) is 7.92. The largest absolute Gasteiger partial charge is 0.342 e. The van der Waals surface area contributed by atoms with Crippen molar-refractivity contribution in [3.63, 3.8) is 0 Å². The number of rotatable bonds is 8. The highest BCUT2D eigenvalue weighted by Gasteiger charge is 2.27. The topological polar surface area (TPSA) is 38.1 Å². The average molecular weight is 546 g/mol. The average Bonchev–Trinajstić information content (AvgIpc) is 3.62. The fraction of sp³-hybridized carbons (Fsp3) is 0.257. The first-order valence-electron chi connectivity index (χ1n) is 14.2. The normalized spacial score (nSPS) is 14.0. The molecule has 1 fully saturated rings. The number of likely N-dealkylation sites (tertiary alicyclic amines) is 1. The first-order valence-corrected chi connectivity index (χ1v) is 15.1. The van der Waals surface area contributed by atoms with Crippen LogP contribution in [0.2, 0.25) is 0 Å². The summed E-state index contributed by atoms with van der Waals surface area (Å²) in [5, 5.41) is 3.12. The maximum Gasteiger partial charge on any atom is 0.255 e. The summed E-state index contributed by atoms with van der Waals surface area (Å²) < 4.78 is 2.30. The van der Waals surface area contributed by atoms with E-state index < -0.39 is 0 Å². The Bertz CT molecular complexity index is 1550. The van der Waals surface area contributed by atoms with Crippen molar-refractivity contribution in [2.45, 2.75) is 39.2 Å². The number of piperidine rings is 1. The van der Waals surface area contributed by atoms with Crippen molar-refractivity contribution in [3.05, 3.63) is 125 Å². The number of nitrogens with zero attached hydrogens (tertiary/aromatic N) is 3. The van der Waals surface area contributed by atoms with Gasteiger partial charge in [-0.1, -0.05) is 91.0 Å². The minimum Gasteiger partial charge on any atom is -0.342 e. The molecule has 0 radical (unpaired) electrons. The van der Waals surface area contributed by atoms with Crippen LogP contribution in [0.5, 0.6) is 0 Å². The number of aryl methyl sites for hydroxylation is 1. The zero-order valence-electron chi connectivity index (χ0n) is 23.0. The van der Waals surface area contributed by atoms with Gasteiger partial charge in [0, 0.05) is 36.3 Å². The monoisotopic (exact) mass is 545 g/mol. The fourth-order valence-electron chi connectivity index (χ4n) is 5.81. The van der Waals surface area contributed by atoms with Gasteiger partial charge in [0.2, 0.25) is 0 Å². The number of aromatic nitrogens is 2. The Morgan fingerprint density at radius 1 is 0.875 bits per heavy atom. The molecule has 0 unspecified atom stereocenters. The summed E-state index contributed by atoms with van der Waals surface area (Å²) in [6.07, 6.45) is 4.09. The fourth-order valence-corrected chi connectivity index (χ4v) is 6.63. The van der Waals surface area contributed by atoms with Crippen molar-refractivity contribution in [3.8, 4) is 22.0 Å². The molecule has 1 amide bonds. The number of carbonyl (C=O) groups excluding carboxylic acids is 1. The Labute approximate surface area is 241 Å². The van der Waals surface area contributed by atoms with Gasteiger partial charge in [0.25, 0.3) is 5.91 Å². The SMILES string of the molecule is Cc1c(C(=O)N2CCC(Cc3ccccc3)CC2)cc(-c2csc(-c3ccccc3)n2)n1CCc1ccccc1. The van der Waals surface area contributed by atoms with Gasteiger partial charge in [-0.25, -0.2) is 4.98 Å². The molecule has 0 bridgehead atoms. The van der Waals surface area contributed by atoms with Crippen LogP contribution >= 0.6 is 11.3 Å². The zero-order chi connectivity index (χ0) is 27.3. The smallest absolute Gasteiger partial charge is 0.255 e. The molecule has 1 saturated heterocycles. The molecule has 6 rings (SSSR count). The van der Waals surface area contributed by atoms with E-state index in [9.17, 15) is 4.79 Å². The van der Waals surface area contributed by atoms with Crippen LogP contribution in [0, 0.1) is 12.8 Å². The molecule has 1 aliphatic rings. The standard InChI is InChI=1S/C35H35N3OS/c1-26-31(35(39)37-20-17-29(18-21-37)23-28-13-7-3-8-14-28)24-33(38(26)22-19-27-11-5-2-6-12-27)32-25-40-34(36-32)30-15-9-4-10-16-30/h2-16,24-25,29H,17-23H2,1H3. The van der Waals surface area contributed by atoms with Gasteiger partial charge in [-0.05, 0) is 55.7 Å². The van der Waals surface area contributed by atoms with Crippen LogP contribution in [0.4, 0.5) is 0 Å². The highest BCUT2D eigenvalue weighted by Crippen LogP contribution is 2.33. The number of hydrogen-bond acceptors (Lipinski definition) is 3. The van der Waals surface area contributed by atoms with Gasteiger partial charge in [0.1, 0.15) is 5.01 Å². The predicted molar refractivity (Wildman–Crippen MR) is 165 cm³/mol. The quantitative estimate of drug-likeness (QED) is 0.199. The Morgan fingerprint density at radius 3 is 2.17 bits per heavy atom. The summed E-state index contributed by atoms with van der Waals surface area (Å²) >= 11 is 1.65. The Hall–Kier alpha value is -3.96. The van der Waals surface area contributed by atoms with Crippen LogP contribution in [-0.2, 0) is 19.4 Å². The van der Waals surface area contributed by atoms with E-state index in [2.05, 4.69) is 101 Å². The third-order valence-electron chi connectivity index (χ3n) is 8.12. The van der Waals surface area contributed by atoms with Gasteiger partial charge in [-0.15, -0.1) is 11.3 Å². The first-order chi connectivity index (χ1) is 19.7. The van der Waals surface area contributed by atoms with Crippen molar-refractivity contribution in [1.82, 2.24) is 14.5 Å². The van der Waals surface area contributed by atoms with Crippen LogP contribution in [0.25, 0.3) is 22.0 Å². The summed E-state index contributed by atoms with van der Waals surface area (Å²) in [5.74, 6) is 0.777. The molecule has 2 aromatic heterocycles. The van der Waals surface area contributed by atoms with E-state index in [-0.39, 0.29) is 5.91 Å². The minimum atomic E-state index is 0.147. The number of hydrogen-bond donors (Lipinski definition) is 0. The third kappa shape index (κ3) is 5.80. The summed E-state index contributed by atoms with van der Waals surface area (Å²) in [4.78, 5) is 21.0. The zero-order valence-corrected chi connectivity index (χ0v) is 23.8.